The molecule has 4 nitrogen and oxygen atoms in total. The van der Waals surface area contributed by atoms with Gasteiger partial charge in [-0.05, 0) is 19.8 Å². The van der Waals surface area contributed by atoms with E-state index in [2.05, 4.69) is 0 Å². The quantitative estimate of drug-likeness (QED) is 0.717. The van der Waals surface area contributed by atoms with E-state index in [4.69, 9.17) is 9.84 Å². The van der Waals surface area contributed by atoms with Crippen molar-refractivity contribution in [1.82, 2.24) is 0 Å². The van der Waals surface area contributed by atoms with Crippen LogP contribution in [0.5, 0.6) is 0 Å². The molecular weight excluding hydrogens is 184 g/mol. The van der Waals surface area contributed by atoms with Gasteiger partial charge in [-0.25, -0.2) is 0 Å². The number of aliphatic carboxylic acids is 1. The molecule has 1 aliphatic rings. The van der Waals surface area contributed by atoms with Crippen LogP contribution in [-0.2, 0) is 9.53 Å². The predicted molar refractivity (Wildman–Crippen MR) is 51.0 cm³/mol. The fourth-order valence-electron chi connectivity index (χ4n) is 2.18. The van der Waals surface area contributed by atoms with Crippen molar-refractivity contribution >= 4 is 5.97 Å². The number of hydrogen-bond donors (Lipinski definition) is 2. The first-order chi connectivity index (χ1) is 6.52. The van der Waals surface area contributed by atoms with Crippen LogP contribution in [0, 0.1) is 5.92 Å². The summed E-state index contributed by atoms with van der Waals surface area (Å²) >= 11 is 0. The molecule has 1 rings (SSSR count). The third-order valence-electron chi connectivity index (χ3n) is 3.26. The lowest BCUT2D eigenvalue weighted by molar-refractivity contribution is -0.174. The van der Waals surface area contributed by atoms with Crippen LogP contribution in [0.4, 0.5) is 0 Å². The summed E-state index contributed by atoms with van der Waals surface area (Å²) in [6.45, 7) is 1.54. The molecular formula is C10H18O4. The minimum absolute atomic E-state index is 0.345. The van der Waals surface area contributed by atoms with Gasteiger partial charge in [0.1, 0.15) is 5.60 Å². The van der Waals surface area contributed by atoms with Crippen LogP contribution >= 0.6 is 0 Å². The van der Waals surface area contributed by atoms with Gasteiger partial charge in [-0.1, -0.05) is 12.8 Å². The number of ether oxygens (including phenoxy) is 1. The highest BCUT2D eigenvalue weighted by Crippen LogP contribution is 2.36. The largest absolute Gasteiger partial charge is 0.481 e. The summed E-state index contributed by atoms with van der Waals surface area (Å²) < 4.78 is 5.16. The monoisotopic (exact) mass is 202 g/mol. The molecule has 0 heterocycles. The summed E-state index contributed by atoms with van der Waals surface area (Å²) in [5.41, 5.74) is -1.20. The summed E-state index contributed by atoms with van der Waals surface area (Å²) in [7, 11) is 1.52. The van der Waals surface area contributed by atoms with Crippen molar-refractivity contribution in [3.05, 3.63) is 0 Å². The minimum Gasteiger partial charge on any atom is -0.481 e. The molecule has 1 fully saturated rings. The standard InChI is InChI=1S/C10H18O4/c1-7(9(11)12)10(13)6-4-3-5-8(10)14-2/h7-8,13H,3-6H2,1-2H3,(H,11,12). The van der Waals surface area contributed by atoms with E-state index in [0.717, 1.165) is 19.3 Å². The van der Waals surface area contributed by atoms with Crippen molar-refractivity contribution in [1.29, 1.82) is 0 Å². The van der Waals surface area contributed by atoms with Gasteiger partial charge in [0.2, 0.25) is 0 Å². The van der Waals surface area contributed by atoms with Gasteiger partial charge < -0.3 is 14.9 Å². The summed E-state index contributed by atoms with van der Waals surface area (Å²) in [5, 5.41) is 19.2. The average Bonchev–Trinajstić information content (AvgIpc) is 2.17. The second-order valence-electron chi connectivity index (χ2n) is 4.02. The Kier molecular flexibility index (Phi) is 3.50. The summed E-state index contributed by atoms with van der Waals surface area (Å²) in [5.74, 6) is -1.73. The van der Waals surface area contributed by atoms with E-state index in [1.54, 1.807) is 6.92 Å². The van der Waals surface area contributed by atoms with Crippen LogP contribution in [0.2, 0.25) is 0 Å². The second kappa shape index (κ2) is 4.28. The smallest absolute Gasteiger partial charge is 0.309 e. The normalized spacial score (nSPS) is 35.2. The predicted octanol–water partition coefficient (Wildman–Crippen LogP) is 1.03. The Balaban J connectivity index is 2.81. The molecule has 0 aromatic heterocycles. The van der Waals surface area contributed by atoms with Gasteiger partial charge in [0.15, 0.2) is 0 Å². The third kappa shape index (κ3) is 1.91. The first-order valence-electron chi connectivity index (χ1n) is 5.00. The highest BCUT2D eigenvalue weighted by atomic mass is 16.5. The SMILES string of the molecule is COC1CCCCC1(O)C(C)C(=O)O. The Hall–Kier alpha value is -0.610. The van der Waals surface area contributed by atoms with E-state index in [0.29, 0.717) is 6.42 Å². The Morgan fingerprint density at radius 1 is 1.57 bits per heavy atom. The molecule has 0 saturated heterocycles. The van der Waals surface area contributed by atoms with Gasteiger partial charge in [0.05, 0.1) is 12.0 Å². The van der Waals surface area contributed by atoms with Gasteiger partial charge in [-0.2, -0.15) is 0 Å². The Morgan fingerprint density at radius 2 is 2.21 bits per heavy atom. The maximum absolute atomic E-state index is 10.8. The number of carboxylic acids is 1. The van der Waals surface area contributed by atoms with Crippen LogP contribution < -0.4 is 0 Å². The van der Waals surface area contributed by atoms with Gasteiger partial charge in [0.25, 0.3) is 0 Å². The van der Waals surface area contributed by atoms with Crippen LogP contribution in [-0.4, -0.2) is 35.0 Å². The van der Waals surface area contributed by atoms with Crippen LogP contribution in [0.25, 0.3) is 0 Å². The lowest BCUT2D eigenvalue weighted by atomic mass is 9.74. The molecule has 3 atom stereocenters. The van der Waals surface area contributed by atoms with E-state index < -0.39 is 17.5 Å². The number of carbonyl (C=O) groups is 1. The van der Waals surface area contributed by atoms with Crippen LogP contribution in [0.15, 0.2) is 0 Å². The van der Waals surface area contributed by atoms with Crippen LogP contribution in [0.1, 0.15) is 32.6 Å². The van der Waals surface area contributed by atoms with Crippen molar-refractivity contribution < 1.29 is 19.7 Å². The second-order valence-corrected chi connectivity index (χ2v) is 4.02. The zero-order valence-corrected chi connectivity index (χ0v) is 8.69. The fraction of sp³-hybridized carbons (Fsp3) is 0.900. The summed E-state index contributed by atoms with van der Waals surface area (Å²) in [6.07, 6.45) is 2.77. The van der Waals surface area contributed by atoms with E-state index in [9.17, 15) is 9.90 Å². The fourth-order valence-corrected chi connectivity index (χ4v) is 2.18. The van der Waals surface area contributed by atoms with E-state index in [1.807, 2.05) is 0 Å². The molecule has 3 unspecified atom stereocenters. The minimum atomic E-state index is -1.20. The number of methoxy groups -OCH3 is 1. The van der Waals surface area contributed by atoms with Crippen molar-refractivity contribution in [3.8, 4) is 0 Å². The zero-order valence-electron chi connectivity index (χ0n) is 8.69. The molecule has 82 valence electrons. The molecule has 14 heavy (non-hydrogen) atoms. The van der Waals surface area contributed by atoms with Gasteiger partial charge >= 0.3 is 5.97 Å². The lowest BCUT2D eigenvalue weighted by Crippen LogP contribution is -2.53. The maximum Gasteiger partial charge on any atom is 0.309 e. The molecule has 4 heteroatoms. The number of aliphatic hydroxyl groups is 1. The van der Waals surface area contributed by atoms with Gasteiger partial charge in [-0.15, -0.1) is 0 Å². The molecule has 0 spiro atoms. The zero-order chi connectivity index (χ0) is 10.8. The summed E-state index contributed by atoms with van der Waals surface area (Å²) in [4.78, 5) is 10.8. The van der Waals surface area contributed by atoms with Crippen LogP contribution in [0.3, 0.4) is 0 Å². The lowest BCUT2D eigenvalue weighted by Gasteiger charge is -2.41. The van der Waals surface area contributed by atoms with E-state index in [-0.39, 0.29) is 6.10 Å². The molecule has 0 aromatic carbocycles. The molecule has 0 bridgehead atoms. The molecule has 1 saturated carbocycles. The van der Waals surface area contributed by atoms with Gasteiger partial charge in [0, 0.05) is 7.11 Å². The topological polar surface area (TPSA) is 66.8 Å². The molecule has 0 aliphatic heterocycles. The molecule has 0 aromatic rings. The molecule has 1 aliphatic carbocycles. The van der Waals surface area contributed by atoms with Crippen molar-refractivity contribution in [3.63, 3.8) is 0 Å². The van der Waals surface area contributed by atoms with Crippen molar-refractivity contribution in [2.75, 3.05) is 7.11 Å². The first kappa shape index (κ1) is 11.5. The van der Waals surface area contributed by atoms with Crippen molar-refractivity contribution in [2.45, 2.75) is 44.3 Å². The highest BCUT2D eigenvalue weighted by molar-refractivity contribution is 5.71. The number of rotatable bonds is 3. The number of carboxylic acid groups (broad SMARTS) is 1. The summed E-state index contributed by atoms with van der Waals surface area (Å²) in [6, 6.07) is 0. The molecule has 0 radical (unpaired) electrons. The third-order valence-corrected chi connectivity index (χ3v) is 3.26. The van der Waals surface area contributed by atoms with Gasteiger partial charge in [-0.3, -0.25) is 4.79 Å². The molecule has 0 amide bonds. The Labute approximate surface area is 83.9 Å². The average molecular weight is 202 g/mol. The highest BCUT2D eigenvalue weighted by Gasteiger charge is 2.46. The Morgan fingerprint density at radius 3 is 2.71 bits per heavy atom. The van der Waals surface area contributed by atoms with E-state index in [1.165, 1.54) is 7.11 Å². The number of hydrogen-bond acceptors (Lipinski definition) is 3. The molecule has 2 N–H and O–H groups in total. The first-order valence-corrected chi connectivity index (χ1v) is 5.00. The Bertz CT molecular complexity index is 216. The maximum atomic E-state index is 10.8. The van der Waals surface area contributed by atoms with Crippen molar-refractivity contribution in [2.24, 2.45) is 5.92 Å². The van der Waals surface area contributed by atoms with E-state index >= 15 is 0 Å².